The van der Waals surface area contributed by atoms with E-state index in [1.165, 1.54) is 18.2 Å². The Bertz CT molecular complexity index is 937. The van der Waals surface area contributed by atoms with Gasteiger partial charge >= 0.3 is 5.56 Å². The molecule has 1 saturated heterocycles. The summed E-state index contributed by atoms with van der Waals surface area (Å²) in [5, 5.41) is 13.3. The first-order valence-corrected chi connectivity index (χ1v) is 9.22. The molecule has 2 N–H and O–H groups in total. The zero-order valence-corrected chi connectivity index (χ0v) is 14.2. The number of rotatable bonds is 4. The van der Waals surface area contributed by atoms with Crippen LogP contribution in [0, 0.1) is 5.82 Å². The van der Waals surface area contributed by atoms with E-state index in [-0.39, 0.29) is 0 Å². The third-order valence-corrected chi connectivity index (χ3v) is 5.79. The third-order valence-electron chi connectivity index (χ3n) is 4.10. The highest BCUT2D eigenvalue weighted by molar-refractivity contribution is 7.90. The van der Waals surface area contributed by atoms with E-state index in [0.29, 0.717) is 16.1 Å². The zero-order valence-electron chi connectivity index (χ0n) is 13.4. The van der Waals surface area contributed by atoms with Crippen molar-refractivity contribution < 1.29 is 17.9 Å². The fraction of sp³-hybridized carbons (Fsp3) is 0.312. The predicted molar refractivity (Wildman–Crippen MR) is 89.5 cm³/mol. The van der Waals surface area contributed by atoms with Gasteiger partial charge in [-0.15, -0.1) is 0 Å². The van der Waals surface area contributed by atoms with Crippen molar-refractivity contribution in [1.82, 2.24) is 14.2 Å². The van der Waals surface area contributed by atoms with E-state index in [9.17, 15) is 22.7 Å². The average Bonchev–Trinajstić information content (AvgIpc) is 2.60. The lowest BCUT2D eigenvalue weighted by molar-refractivity contribution is 0.230. The summed E-state index contributed by atoms with van der Waals surface area (Å²) in [7, 11) is -4.43. The van der Waals surface area contributed by atoms with Gasteiger partial charge in [0, 0.05) is 44.5 Å². The molecule has 0 unspecified atom stereocenters. The number of aromatic nitrogens is 1. The molecule has 1 aromatic carbocycles. The molecule has 2 aromatic rings. The first-order valence-electron chi connectivity index (χ1n) is 7.78. The van der Waals surface area contributed by atoms with Crippen molar-refractivity contribution >= 4 is 10.0 Å². The summed E-state index contributed by atoms with van der Waals surface area (Å²) in [6.07, 6.45) is 1.06. The fourth-order valence-corrected chi connectivity index (χ4v) is 4.04. The van der Waals surface area contributed by atoms with Gasteiger partial charge in [-0.2, -0.15) is 0 Å². The Labute approximate surface area is 144 Å². The van der Waals surface area contributed by atoms with E-state index in [1.54, 1.807) is 0 Å². The molecule has 0 radical (unpaired) electrons. The van der Waals surface area contributed by atoms with Gasteiger partial charge in [0.1, 0.15) is 10.7 Å². The third kappa shape index (κ3) is 3.44. The molecule has 0 atom stereocenters. The summed E-state index contributed by atoms with van der Waals surface area (Å²) in [5.41, 5.74) is -0.747. The lowest BCUT2D eigenvalue weighted by Gasteiger charge is -2.27. The SMILES string of the molecule is O=c1c(O)c(CN2CCNCC2)ccn1S(=O)(=O)c1ccccc1F. The largest absolute Gasteiger partial charge is 0.503 e. The number of pyridine rings is 1. The van der Waals surface area contributed by atoms with Crippen molar-refractivity contribution in [3.63, 3.8) is 0 Å². The molecule has 0 amide bonds. The number of nitrogens with zero attached hydrogens (tertiary/aromatic N) is 2. The smallest absolute Gasteiger partial charge is 0.306 e. The van der Waals surface area contributed by atoms with Crippen molar-refractivity contribution in [2.24, 2.45) is 0 Å². The van der Waals surface area contributed by atoms with Crippen LogP contribution >= 0.6 is 0 Å². The van der Waals surface area contributed by atoms with Crippen LogP contribution in [0.3, 0.4) is 0 Å². The molecule has 134 valence electrons. The molecule has 1 aliphatic rings. The monoisotopic (exact) mass is 367 g/mol. The molecule has 3 rings (SSSR count). The minimum atomic E-state index is -4.43. The van der Waals surface area contributed by atoms with Crippen LogP contribution in [0.1, 0.15) is 5.56 Å². The number of nitrogens with one attached hydrogen (secondary N) is 1. The minimum Gasteiger partial charge on any atom is -0.503 e. The number of hydrogen-bond donors (Lipinski definition) is 2. The highest BCUT2D eigenvalue weighted by Crippen LogP contribution is 2.19. The summed E-state index contributed by atoms with van der Waals surface area (Å²) in [4.78, 5) is 13.8. The van der Waals surface area contributed by atoms with Crippen LogP contribution in [-0.4, -0.2) is 48.6 Å². The summed E-state index contributed by atoms with van der Waals surface area (Å²) in [6.45, 7) is 3.47. The second kappa shape index (κ2) is 6.95. The number of halogens is 1. The van der Waals surface area contributed by atoms with Crippen LogP contribution in [0.25, 0.3) is 0 Å². The van der Waals surface area contributed by atoms with E-state index in [4.69, 9.17) is 0 Å². The molecule has 0 bridgehead atoms. The van der Waals surface area contributed by atoms with Gasteiger partial charge in [-0.05, 0) is 18.2 Å². The van der Waals surface area contributed by atoms with Gasteiger partial charge < -0.3 is 10.4 Å². The normalized spacial score (nSPS) is 16.0. The van der Waals surface area contributed by atoms with Crippen LogP contribution in [0.5, 0.6) is 5.75 Å². The number of piperazine rings is 1. The van der Waals surface area contributed by atoms with Gasteiger partial charge in [0.25, 0.3) is 10.0 Å². The van der Waals surface area contributed by atoms with Crippen molar-refractivity contribution in [2.75, 3.05) is 26.2 Å². The molecule has 1 aliphatic heterocycles. The number of benzene rings is 1. The van der Waals surface area contributed by atoms with Crippen LogP contribution in [-0.2, 0) is 16.6 Å². The molecule has 9 heteroatoms. The first kappa shape index (κ1) is 17.6. The first-order chi connectivity index (χ1) is 11.9. The maximum Gasteiger partial charge on any atom is 0.306 e. The van der Waals surface area contributed by atoms with Crippen LogP contribution < -0.4 is 10.9 Å². The van der Waals surface area contributed by atoms with Crippen LogP contribution in [0.4, 0.5) is 4.39 Å². The Kier molecular flexibility index (Phi) is 4.89. The van der Waals surface area contributed by atoms with Crippen molar-refractivity contribution in [1.29, 1.82) is 0 Å². The highest BCUT2D eigenvalue weighted by Gasteiger charge is 2.24. The lowest BCUT2D eigenvalue weighted by atomic mass is 10.2. The molecule has 1 fully saturated rings. The van der Waals surface area contributed by atoms with E-state index in [2.05, 4.69) is 5.32 Å². The molecular weight excluding hydrogens is 349 g/mol. The summed E-state index contributed by atoms with van der Waals surface area (Å²) >= 11 is 0. The molecule has 25 heavy (non-hydrogen) atoms. The van der Waals surface area contributed by atoms with Crippen LogP contribution in [0.15, 0.2) is 46.2 Å². The summed E-state index contributed by atoms with van der Waals surface area (Å²) in [6, 6.07) is 6.15. The second-order valence-corrected chi connectivity index (χ2v) is 7.54. The van der Waals surface area contributed by atoms with Gasteiger partial charge in [-0.1, -0.05) is 12.1 Å². The van der Waals surface area contributed by atoms with Crippen molar-refractivity contribution in [3.05, 3.63) is 58.3 Å². The molecule has 2 heterocycles. The summed E-state index contributed by atoms with van der Waals surface area (Å²) in [5.74, 6) is -1.60. The Morgan fingerprint density at radius 2 is 1.84 bits per heavy atom. The maximum absolute atomic E-state index is 13.8. The Balaban J connectivity index is 1.97. The van der Waals surface area contributed by atoms with E-state index < -0.39 is 32.0 Å². The minimum absolute atomic E-state index is 0.337. The van der Waals surface area contributed by atoms with Gasteiger partial charge in [0.2, 0.25) is 0 Å². The second-order valence-electron chi connectivity index (χ2n) is 5.75. The molecule has 7 nitrogen and oxygen atoms in total. The molecular formula is C16H18FN3O4S. The lowest BCUT2D eigenvalue weighted by Crippen LogP contribution is -2.43. The van der Waals surface area contributed by atoms with Gasteiger partial charge in [-0.25, -0.2) is 16.8 Å². The van der Waals surface area contributed by atoms with Gasteiger partial charge in [0.15, 0.2) is 5.75 Å². The van der Waals surface area contributed by atoms with E-state index in [0.717, 1.165) is 44.5 Å². The Hall–Kier alpha value is -2.23. The number of hydrogen-bond acceptors (Lipinski definition) is 6. The van der Waals surface area contributed by atoms with Crippen molar-refractivity contribution in [3.8, 4) is 5.75 Å². The van der Waals surface area contributed by atoms with E-state index in [1.807, 2.05) is 4.90 Å². The average molecular weight is 367 g/mol. The Morgan fingerprint density at radius 3 is 2.52 bits per heavy atom. The number of aromatic hydroxyl groups is 1. The highest BCUT2D eigenvalue weighted by atomic mass is 32.2. The standard InChI is InChI=1S/C16H18FN3O4S/c17-13-3-1-2-4-14(13)25(23,24)20-8-5-12(15(21)16(20)22)11-19-9-6-18-7-10-19/h1-5,8,18,21H,6-7,9-11H2. The predicted octanol–water partition coefficient (Wildman–Crippen LogP) is 0.335. The molecule has 1 aromatic heterocycles. The quantitative estimate of drug-likeness (QED) is 0.810. The van der Waals surface area contributed by atoms with Crippen LogP contribution in [0.2, 0.25) is 0 Å². The topological polar surface area (TPSA) is 91.6 Å². The fourth-order valence-electron chi connectivity index (χ4n) is 2.73. The molecule has 0 saturated carbocycles. The molecule has 0 spiro atoms. The van der Waals surface area contributed by atoms with E-state index >= 15 is 0 Å². The van der Waals surface area contributed by atoms with Gasteiger partial charge in [0.05, 0.1) is 0 Å². The maximum atomic E-state index is 13.8. The van der Waals surface area contributed by atoms with Gasteiger partial charge in [-0.3, -0.25) is 9.69 Å². The Morgan fingerprint density at radius 1 is 1.16 bits per heavy atom. The molecule has 0 aliphatic carbocycles. The zero-order chi connectivity index (χ0) is 18.0. The van der Waals surface area contributed by atoms with Crippen molar-refractivity contribution in [2.45, 2.75) is 11.4 Å². The summed E-state index contributed by atoms with van der Waals surface area (Å²) < 4.78 is 39.2.